The van der Waals surface area contributed by atoms with Crippen molar-refractivity contribution < 1.29 is 14.2 Å². The van der Waals surface area contributed by atoms with Gasteiger partial charge in [0.05, 0.1) is 13.7 Å². The molecule has 0 aliphatic carbocycles. The third-order valence-electron chi connectivity index (χ3n) is 4.62. The highest BCUT2D eigenvalue weighted by Gasteiger charge is 2.03. The second kappa shape index (κ2) is 13.5. The molecule has 0 bridgehead atoms. The number of guanidine groups is 1. The van der Waals surface area contributed by atoms with E-state index in [2.05, 4.69) is 39.7 Å². The van der Waals surface area contributed by atoms with E-state index in [1.54, 1.807) is 21.3 Å². The van der Waals surface area contributed by atoms with Gasteiger partial charge < -0.3 is 29.7 Å². The molecule has 7 heteroatoms. The minimum absolute atomic E-state index is 0.641. The third-order valence-corrected chi connectivity index (χ3v) is 4.62. The molecule has 0 fully saturated rings. The van der Waals surface area contributed by atoms with Crippen LogP contribution in [0.3, 0.4) is 0 Å². The van der Waals surface area contributed by atoms with E-state index in [-0.39, 0.29) is 0 Å². The second-order valence-electron chi connectivity index (χ2n) is 6.92. The number of nitrogens with zero attached hydrogens (tertiary/aromatic N) is 2. The van der Waals surface area contributed by atoms with E-state index >= 15 is 0 Å². The van der Waals surface area contributed by atoms with Gasteiger partial charge in [0.1, 0.15) is 18.1 Å². The van der Waals surface area contributed by atoms with Crippen LogP contribution in [0.1, 0.15) is 11.1 Å². The van der Waals surface area contributed by atoms with Gasteiger partial charge in [0.25, 0.3) is 0 Å². The molecule has 0 aromatic heterocycles. The molecule has 0 unspecified atom stereocenters. The number of rotatable bonds is 12. The molecular weight excluding hydrogens is 380 g/mol. The summed E-state index contributed by atoms with van der Waals surface area (Å²) in [5.41, 5.74) is 2.29. The first-order valence-electron chi connectivity index (χ1n) is 10.1. The number of ether oxygens (including phenoxy) is 3. The zero-order chi connectivity index (χ0) is 21.6. The summed E-state index contributed by atoms with van der Waals surface area (Å²) in [7, 11) is 7.21. The number of benzene rings is 2. The fourth-order valence-corrected chi connectivity index (χ4v) is 2.76. The van der Waals surface area contributed by atoms with Gasteiger partial charge in [0.15, 0.2) is 5.96 Å². The summed E-state index contributed by atoms with van der Waals surface area (Å²) in [6.45, 7) is 4.46. The van der Waals surface area contributed by atoms with E-state index < -0.39 is 0 Å². The predicted octanol–water partition coefficient (Wildman–Crippen LogP) is 2.52. The standard InChI is InChI=1S/C23H34N4O3/c1-24-23(25-17-19-8-10-21(29-4)11-9-19)26-18-20-6-5-7-22(16-20)30-15-13-27(2)12-14-28-3/h5-11,16H,12-15,17-18H2,1-4H3,(H2,24,25,26). The van der Waals surface area contributed by atoms with Gasteiger partial charge in [-0.1, -0.05) is 24.3 Å². The smallest absolute Gasteiger partial charge is 0.191 e. The molecule has 7 nitrogen and oxygen atoms in total. The minimum atomic E-state index is 0.641. The van der Waals surface area contributed by atoms with Crippen molar-refractivity contribution in [1.82, 2.24) is 15.5 Å². The molecule has 0 atom stereocenters. The van der Waals surface area contributed by atoms with Gasteiger partial charge in [-0.25, -0.2) is 0 Å². The summed E-state index contributed by atoms with van der Waals surface area (Å²) in [5.74, 6) is 2.47. The zero-order valence-corrected chi connectivity index (χ0v) is 18.5. The average Bonchev–Trinajstić information content (AvgIpc) is 2.78. The first-order valence-corrected chi connectivity index (χ1v) is 10.1. The van der Waals surface area contributed by atoms with E-state index in [0.29, 0.717) is 19.7 Å². The van der Waals surface area contributed by atoms with Crippen LogP contribution in [0.25, 0.3) is 0 Å². The van der Waals surface area contributed by atoms with Gasteiger partial charge in [-0.2, -0.15) is 0 Å². The summed E-state index contributed by atoms with van der Waals surface area (Å²) in [6.07, 6.45) is 0. The summed E-state index contributed by atoms with van der Waals surface area (Å²) in [5, 5.41) is 6.66. The molecule has 0 aliphatic heterocycles. The Labute approximate surface area is 180 Å². The SMILES string of the molecule is CN=C(NCc1ccc(OC)cc1)NCc1cccc(OCCN(C)CCOC)c1. The van der Waals surface area contributed by atoms with Crippen molar-refractivity contribution in [1.29, 1.82) is 0 Å². The largest absolute Gasteiger partial charge is 0.497 e. The summed E-state index contributed by atoms with van der Waals surface area (Å²) in [6, 6.07) is 16.1. The van der Waals surface area contributed by atoms with Crippen molar-refractivity contribution in [3.05, 3.63) is 59.7 Å². The van der Waals surface area contributed by atoms with Crippen molar-refractivity contribution in [3.63, 3.8) is 0 Å². The number of hydrogen-bond acceptors (Lipinski definition) is 5. The minimum Gasteiger partial charge on any atom is -0.497 e. The van der Waals surface area contributed by atoms with Gasteiger partial charge in [-0.15, -0.1) is 0 Å². The highest BCUT2D eigenvalue weighted by atomic mass is 16.5. The zero-order valence-electron chi connectivity index (χ0n) is 18.5. The summed E-state index contributed by atoms with van der Waals surface area (Å²) < 4.78 is 16.2. The van der Waals surface area contributed by atoms with Crippen molar-refractivity contribution in [3.8, 4) is 11.5 Å². The number of hydrogen-bond donors (Lipinski definition) is 2. The predicted molar refractivity (Wildman–Crippen MR) is 121 cm³/mol. The Morgan fingerprint density at radius 3 is 2.27 bits per heavy atom. The van der Waals surface area contributed by atoms with Gasteiger partial charge in [-0.05, 0) is 42.4 Å². The number of aliphatic imine (C=N–C) groups is 1. The number of nitrogens with one attached hydrogen (secondary N) is 2. The topological polar surface area (TPSA) is 67.4 Å². The molecular formula is C23H34N4O3. The summed E-state index contributed by atoms with van der Waals surface area (Å²) >= 11 is 0. The van der Waals surface area contributed by atoms with Crippen LogP contribution in [-0.2, 0) is 17.8 Å². The van der Waals surface area contributed by atoms with Gasteiger partial charge in [-0.3, -0.25) is 4.99 Å². The first-order chi connectivity index (χ1) is 14.6. The van der Waals surface area contributed by atoms with Crippen LogP contribution in [-0.4, -0.2) is 65.5 Å². The molecule has 2 aromatic rings. The lowest BCUT2D eigenvalue weighted by atomic mass is 10.2. The molecule has 2 N–H and O–H groups in total. The fraction of sp³-hybridized carbons (Fsp3) is 0.435. The molecule has 0 spiro atoms. The normalized spacial score (nSPS) is 11.4. The van der Waals surface area contributed by atoms with Crippen molar-refractivity contribution in [2.24, 2.45) is 4.99 Å². The molecule has 2 aromatic carbocycles. The van der Waals surface area contributed by atoms with Crippen LogP contribution in [0.5, 0.6) is 11.5 Å². The monoisotopic (exact) mass is 414 g/mol. The van der Waals surface area contributed by atoms with Crippen LogP contribution in [0.4, 0.5) is 0 Å². The lowest BCUT2D eigenvalue weighted by Crippen LogP contribution is -2.36. The Kier molecular flexibility index (Phi) is 10.5. The highest BCUT2D eigenvalue weighted by molar-refractivity contribution is 5.79. The van der Waals surface area contributed by atoms with E-state index in [0.717, 1.165) is 48.3 Å². The van der Waals surface area contributed by atoms with Crippen LogP contribution in [0.2, 0.25) is 0 Å². The summed E-state index contributed by atoms with van der Waals surface area (Å²) in [4.78, 5) is 6.48. The molecule has 0 saturated carbocycles. The van der Waals surface area contributed by atoms with Crippen molar-refractivity contribution >= 4 is 5.96 Å². The molecule has 164 valence electrons. The Morgan fingerprint density at radius 1 is 0.900 bits per heavy atom. The van der Waals surface area contributed by atoms with Crippen molar-refractivity contribution in [2.45, 2.75) is 13.1 Å². The molecule has 30 heavy (non-hydrogen) atoms. The van der Waals surface area contributed by atoms with Crippen LogP contribution in [0, 0.1) is 0 Å². The Hall–Kier alpha value is -2.77. The highest BCUT2D eigenvalue weighted by Crippen LogP contribution is 2.13. The Balaban J connectivity index is 1.76. The maximum Gasteiger partial charge on any atom is 0.191 e. The number of likely N-dealkylation sites (N-methyl/N-ethyl adjacent to an activating group) is 1. The molecule has 0 saturated heterocycles. The van der Waals surface area contributed by atoms with Crippen molar-refractivity contribution in [2.75, 3.05) is 54.6 Å². The lowest BCUT2D eigenvalue weighted by Gasteiger charge is -2.16. The molecule has 0 amide bonds. The Morgan fingerprint density at radius 2 is 1.60 bits per heavy atom. The molecule has 2 rings (SSSR count). The Bertz CT molecular complexity index is 765. The maximum atomic E-state index is 5.89. The van der Waals surface area contributed by atoms with Crippen LogP contribution < -0.4 is 20.1 Å². The number of methoxy groups -OCH3 is 2. The molecule has 0 radical (unpaired) electrons. The maximum absolute atomic E-state index is 5.89. The first kappa shape index (κ1) is 23.5. The van der Waals surface area contributed by atoms with E-state index in [1.807, 2.05) is 36.4 Å². The molecule has 0 heterocycles. The van der Waals surface area contributed by atoms with Crippen LogP contribution in [0.15, 0.2) is 53.5 Å². The van der Waals surface area contributed by atoms with Gasteiger partial charge in [0.2, 0.25) is 0 Å². The van der Waals surface area contributed by atoms with Gasteiger partial charge >= 0.3 is 0 Å². The van der Waals surface area contributed by atoms with Gasteiger partial charge in [0, 0.05) is 40.3 Å². The average molecular weight is 415 g/mol. The van der Waals surface area contributed by atoms with E-state index in [9.17, 15) is 0 Å². The lowest BCUT2D eigenvalue weighted by molar-refractivity contribution is 0.150. The quantitative estimate of drug-likeness (QED) is 0.411. The van der Waals surface area contributed by atoms with E-state index in [1.165, 1.54) is 0 Å². The van der Waals surface area contributed by atoms with E-state index in [4.69, 9.17) is 14.2 Å². The van der Waals surface area contributed by atoms with Crippen LogP contribution >= 0.6 is 0 Å². The fourth-order valence-electron chi connectivity index (χ4n) is 2.76. The third kappa shape index (κ3) is 8.71. The molecule has 0 aliphatic rings. The second-order valence-corrected chi connectivity index (χ2v) is 6.92.